The van der Waals surface area contributed by atoms with Gasteiger partial charge in [-0.2, -0.15) is 0 Å². The fraction of sp³-hybridized carbons (Fsp3) is 0.400. The first-order valence-corrected chi connectivity index (χ1v) is 11.2. The van der Waals surface area contributed by atoms with Gasteiger partial charge < -0.3 is 16.0 Å². The molecule has 3 amide bonds. The van der Waals surface area contributed by atoms with Crippen LogP contribution in [0, 0.1) is 23.6 Å². The maximum absolute atomic E-state index is 14.2. The third kappa shape index (κ3) is 5.33. The summed E-state index contributed by atoms with van der Waals surface area (Å²) in [4.78, 5) is 37.1. The normalized spacial score (nSPS) is 20.3. The van der Waals surface area contributed by atoms with Gasteiger partial charge in [-0.25, -0.2) is 4.39 Å². The van der Waals surface area contributed by atoms with E-state index < -0.39 is 5.82 Å². The first-order chi connectivity index (χ1) is 15.4. The summed E-state index contributed by atoms with van der Waals surface area (Å²) >= 11 is 0. The van der Waals surface area contributed by atoms with E-state index in [0.717, 1.165) is 38.5 Å². The third-order valence-electron chi connectivity index (χ3n) is 6.32. The molecule has 0 radical (unpaired) electrons. The Labute approximate surface area is 187 Å². The first-order valence-electron chi connectivity index (χ1n) is 11.2. The van der Waals surface area contributed by atoms with Crippen LogP contribution >= 0.6 is 0 Å². The maximum atomic E-state index is 14.2. The number of benzene rings is 2. The molecule has 2 fully saturated rings. The van der Waals surface area contributed by atoms with Crippen LogP contribution in [0.5, 0.6) is 0 Å². The van der Waals surface area contributed by atoms with Gasteiger partial charge in [0, 0.05) is 28.8 Å². The SMILES string of the molecule is CC1CC1C(=O)Nc1ccc(C(=O)Nc2ccc(F)c(NC(=O)C3CCCCC3)c2)cc1. The highest BCUT2D eigenvalue weighted by atomic mass is 19.1. The molecule has 3 N–H and O–H groups in total. The summed E-state index contributed by atoms with van der Waals surface area (Å²) in [5.74, 6) is -0.679. The van der Waals surface area contributed by atoms with E-state index in [0.29, 0.717) is 22.9 Å². The number of anilines is 3. The quantitative estimate of drug-likeness (QED) is 0.581. The summed E-state index contributed by atoms with van der Waals surface area (Å²) in [6.45, 7) is 2.04. The zero-order valence-electron chi connectivity index (χ0n) is 18.1. The molecule has 0 spiro atoms. The van der Waals surface area contributed by atoms with Crippen molar-refractivity contribution in [3.05, 3.63) is 53.8 Å². The molecule has 2 aromatic carbocycles. The Morgan fingerprint density at radius 3 is 2.16 bits per heavy atom. The predicted octanol–water partition coefficient (Wildman–Crippen LogP) is 5.19. The number of hydrogen-bond donors (Lipinski definition) is 3. The third-order valence-corrected chi connectivity index (χ3v) is 6.32. The molecule has 2 saturated carbocycles. The molecule has 0 aromatic heterocycles. The molecule has 0 aliphatic heterocycles. The number of carbonyl (C=O) groups is 3. The summed E-state index contributed by atoms with van der Waals surface area (Å²) in [5, 5.41) is 8.26. The summed E-state index contributed by atoms with van der Waals surface area (Å²) in [5.41, 5.74) is 1.49. The lowest BCUT2D eigenvalue weighted by molar-refractivity contribution is -0.120. The Bertz CT molecular complexity index is 1020. The minimum atomic E-state index is -0.544. The van der Waals surface area contributed by atoms with Crippen molar-refractivity contribution in [1.29, 1.82) is 0 Å². The second-order valence-electron chi connectivity index (χ2n) is 8.86. The Hall–Kier alpha value is -3.22. The van der Waals surface area contributed by atoms with E-state index in [1.54, 1.807) is 24.3 Å². The number of rotatable bonds is 6. The average Bonchev–Trinajstić information content (AvgIpc) is 3.54. The summed E-state index contributed by atoms with van der Waals surface area (Å²) in [6, 6.07) is 10.7. The lowest BCUT2D eigenvalue weighted by Gasteiger charge is -2.21. The van der Waals surface area contributed by atoms with Gasteiger partial charge in [-0.15, -0.1) is 0 Å². The highest BCUT2D eigenvalue weighted by Gasteiger charge is 2.39. The van der Waals surface area contributed by atoms with Crippen molar-refractivity contribution in [2.75, 3.05) is 16.0 Å². The summed E-state index contributed by atoms with van der Waals surface area (Å²) in [7, 11) is 0. The molecule has 4 rings (SSSR count). The fourth-order valence-electron chi connectivity index (χ4n) is 4.13. The predicted molar refractivity (Wildman–Crippen MR) is 122 cm³/mol. The van der Waals surface area contributed by atoms with Gasteiger partial charge in [0.15, 0.2) is 0 Å². The highest BCUT2D eigenvalue weighted by Crippen LogP contribution is 2.38. The summed E-state index contributed by atoms with van der Waals surface area (Å²) in [6.07, 6.45) is 5.71. The van der Waals surface area contributed by atoms with Gasteiger partial charge in [0.2, 0.25) is 11.8 Å². The number of halogens is 1. The second kappa shape index (κ2) is 9.51. The van der Waals surface area contributed by atoms with Gasteiger partial charge in [-0.1, -0.05) is 26.2 Å². The molecule has 2 aliphatic carbocycles. The van der Waals surface area contributed by atoms with Gasteiger partial charge in [0.25, 0.3) is 5.91 Å². The molecule has 0 bridgehead atoms. The molecule has 168 valence electrons. The number of hydrogen-bond acceptors (Lipinski definition) is 3. The number of nitrogens with one attached hydrogen (secondary N) is 3. The largest absolute Gasteiger partial charge is 0.326 e. The molecule has 0 heterocycles. The van der Waals surface area contributed by atoms with E-state index >= 15 is 0 Å². The Morgan fingerprint density at radius 1 is 0.844 bits per heavy atom. The molecular formula is C25H28FN3O3. The van der Waals surface area contributed by atoms with E-state index in [1.165, 1.54) is 18.2 Å². The van der Waals surface area contributed by atoms with Crippen molar-refractivity contribution in [2.45, 2.75) is 45.4 Å². The average molecular weight is 438 g/mol. The van der Waals surface area contributed by atoms with Gasteiger partial charge in [0.05, 0.1) is 5.69 Å². The lowest BCUT2D eigenvalue weighted by atomic mass is 9.88. The molecule has 2 aromatic rings. The van der Waals surface area contributed by atoms with E-state index in [-0.39, 0.29) is 35.2 Å². The molecule has 2 unspecified atom stereocenters. The van der Waals surface area contributed by atoms with Crippen molar-refractivity contribution in [2.24, 2.45) is 17.8 Å². The fourth-order valence-corrected chi connectivity index (χ4v) is 4.13. The maximum Gasteiger partial charge on any atom is 0.255 e. The van der Waals surface area contributed by atoms with Crippen LogP contribution < -0.4 is 16.0 Å². The van der Waals surface area contributed by atoms with E-state index in [1.807, 2.05) is 6.92 Å². The van der Waals surface area contributed by atoms with Gasteiger partial charge in [-0.3, -0.25) is 14.4 Å². The zero-order chi connectivity index (χ0) is 22.7. The Balaban J connectivity index is 1.36. The second-order valence-corrected chi connectivity index (χ2v) is 8.86. The van der Waals surface area contributed by atoms with Crippen molar-refractivity contribution < 1.29 is 18.8 Å². The molecular weight excluding hydrogens is 409 g/mol. The Morgan fingerprint density at radius 2 is 1.50 bits per heavy atom. The highest BCUT2D eigenvalue weighted by molar-refractivity contribution is 6.05. The standard InChI is InChI=1S/C25H28FN3O3/c1-15-13-20(15)25(32)27-18-9-7-17(8-10-18)23(30)28-19-11-12-21(26)22(14-19)29-24(31)16-5-3-2-4-6-16/h7-12,14-16,20H,2-6,13H2,1H3,(H,27,32)(H,28,30)(H,29,31). The van der Waals surface area contributed by atoms with Crippen molar-refractivity contribution in [1.82, 2.24) is 0 Å². The van der Waals surface area contributed by atoms with Crippen molar-refractivity contribution in [3.8, 4) is 0 Å². The van der Waals surface area contributed by atoms with E-state index in [4.69, 9.17) is 0 Å². The lowest BCUT2D eigenvalue weighted by Crippen LogP contribution is -2.25. The zero-order valence-corrected chi connectivity index (χ0v) is 18.1. The Kier molecular flexibility index (Phi) is 6.53. The van der Waals surface area contributed by atoms with Crippen LogP contribution in [0.25, 0.3) is 0 Å². The van der Waals surface area contributed by atoms with Crippen LogP contribution in [-0.4, -0.2) is 17.7 Å². The van der Waals surface area contributed by atoms with Gasteiger partial charge in [0.1, 0.15) is 5.82 Å². The molecule has 2 aliphatic rings. The molecule has 2 atom stereocenters. The van der Waals surface area contributed by atoms with E-state index in [2.05, 4.69) is 16.0 Å². The topological polar surface area (TPSA) is 87.3 Å². The minimum Gasteiger partial charge on any atom is -0.326 e. The monoisotopic (exact) mass is 437 g/mol. The van der Waals surface area contributed by atoms with Gasteiger partial charge >= 0.3 is 0 Å². The van der Waals surface area contributed by atoms with Crippen molar-refractivity contribution in [3.63, 3.8) is 0 Å². The number of carbonyl (C=O) groups excluding carboxylic acids is 3. The van der Waals surface area contributed by atoms with Gasteiger partial charge in [-0.05, 0) is 67.6 Å². The van der Waals surface area contributed by atoms with Crippen LogP contribution in [0.3, 0.4) is 0 Å². The van der Waals surface area contributed by atoms with Crippen molar-refractivity contribution >= 4 is 34.8 Å². The van der Waals surface area contributed by atoms with Crippen LogP contribution in [-0.2, 0) is 9.59 Å². The van der Waals surface area contributed by atoms with Crippen LogP contribution in [0.1, 0.15) is 55.8 Å². The van der Waals surface area contributed by atoms with Crippen LogP contribution in [0.2, 0.25) is 0 Å². The number of amides is 3. The van der Waals surface area contributed by atoms with Crippen LogP contribution in [0.4, 0.5) is 21.5 Å². The van der Waals surface area contributed by atoms with E-state index in [9.17, 15) is 18.8 Å². The molecule has 7 heteroatoms. The summed E-state index contributed by atoms with van der Waals surface area (Å²) < 4.78 is 14.2. The smallest absolute Gasteiger partial charge is 0.255 e. The first kappa shape index (κ1) is 22.0. The molecule has 6 nitrogen and oxygen atoms in total. The van der Waals surface area contributed by atoms with Crippen LogP contribution in [0.15, 0.2) is 42.5 Å². The molecule has 32 heavy (non-hydrogen) atoms. The molecule has 0 saturated heterocycles. The minimum absolute atomic E-state index is 0.00353.